The number of rotatable bonds is 17. The third-order valence-corrected chi connectivity index (χ3v) is 6.03. The van der Waals surface area contributed by atoms with Gasteiger partial charge in [-0.2, -0.15) is 14.8 Å². The molecule has 0 fully saturated rings. The van der Waals surface area contributed by atoms with Crippen LogP contribution in [0.15, 0.2) is 48.6 Å². The fraction of sp³-hybridized carbons (Fsp3) is 0.424. The Balaban J connectivity index is 0. The van der Waals surface area contributed by atoms with Gasteiger partial charge >= 0.3 is 40.0 Å². The van der Waals surface area contributed by atoms with E-state index < -0.39 is 10.4 Å². The number of carbonyl (C=O) groups is 2. The summed E-state index contributed by atoms with van der Waals surface area (Å²) in [4.78, 5) is 23.9. The van der Waals surface area contributed by atoms with Crippen LogP contribution in [0.4, 0.5) is 0 Å². The molecule has 0 aromatic heterocycles. The minimum Gasteiger partial charge on any atom is -0.504 e. The molecule has 0 radical (unpaired) electrons. The van der Waals surface area contributed by atoms with Crippen molar-refractivity contribution in [2.75, 3.05) is 14.2 Å². The van der Waals surface area contributed by atoms with Crippen LogP contribution in [0.2, 0.25) is 0 Å². The van der Waals surface area contributed by atoms with E-state index in [2.05, 4.69) is 13.8 Å². The van der Waals surface area contributed by atoms with Crippen LogP contribution in [-0.4, -0.2) is 53.5 Å². The van der Waals surface area contributed by atoms with Crippen molar-refractivity contribution in [2.45, 2.75) is 77.6 Å². The Kier molecular flexibility index (Phi) is 26.2. The van der Waals surface area contributed by atoms with E-state index in [1.165, 1.54) is 96.3 Å². The molecular formula is C33H47NaO10S. The Hall–Kier alpha value is -2.67. The number of hydrogen-bond acceptors (Lipinski definition) is 8. The van der Waals surface area contributed by atoms with Crippen LogP contribution in [-0.2, 0) is 20.0 Å². The van der Waals surface area contributed by atoms with Crippen molar-refractivity contribution < 1.29 is 76.4 Å². The second kappa shape index (κ2) is 26.5. The predicted octanol–water partition coefficient (Wildman–Crippen LogP) is 4.46. The first-order valence-electron chi connectivity index (χ1n) is 14.5. The molecule has 0 unspecified atom stereocenters. The molecule has 0 spiro atoms. The molecule has 0 amide bonds. The van der Waals surface area contributed by atoms with Crippen LogP contribution in [0.5, 0.6) is 23.0 Å². The number of phenols is 2. The first-order valence-corrected chi connectivity index (χ1v) is 15.9. The van der Waals surface area contributed by atoms with Crippen LogP contribution in [0.1, 0.15) is 88.7 Å². The molecule has 4 N–H and O–H groups in total. The fourth-order valence-corrected chi connectivity index (χ4v) is 3.75. The molecule has 0 aliphatic heterocycles. The number of hydrogen-bond donors (Lipinski definition) is 4. The van der Waals surface area contributed by atoms with Gasteiger partial charge in [-0.05, 0) is 47.5 Å². The first-order chi connectivity index (χ1) is 20.8. The van der Waals surface area contributed by atoms with Gasteiger partial charge in [0, 0.05) is 0 Å². The summed E-state index contributed by atoms with van der Waals surface area (Å²) in [7, 11) is -1.80. The van der Waals surface area contributed by atoms with Gasteiger partial charge in [0.2, 0.25) is 0 Å². The van der Waals surface area contributed by atoms with Crippen molar-refractivity contribution >= 4 is 34.1 Å². The van der Waals surface area contributed by atoms with E-state index >= 15 is 0 Å². The van der Waals surface area contributed by atoms with Gasteiger partial charge < -0.3 is 26.6 Å². The fourth-order valence-electron chi connectivity index (χ4n) is 3.75. The summed E-state index contributed by atoms with van der Waals surface area (Å²) in [5, 5.41) is 19.1. The quantitative estimate of drug-likeness (QED) is 0.0476. The molecule has 2 aromatic rings. The summed E-state index contributed by atoms with van der Waals surface area (Å²) in [6.07, 6.45) is 19.3. The molecule has 12 heteroatoms. The van der Waals surface area contributed by atoms with Crippen LogP contribution in [0.3, 0.4) is 0 Å². The molecule has 246 valence electrons. The normalized spacial score (nSPS) is 10.7. The molecule has 0 bridgehead atoms. The third-order valence-electron chi connectivity index (χ3n) is 6.03. The van der Waals surface area contributed by atoms with E-state index in [4.69, 9.17) is 27.0 Å². The average molecular weight is 659 g/mol. The first kappa shape index (κ1) is 44.5. The molecule has 0 atom stereocenters. The van der Waals surface area contributed by atoms with Crippen molar-refractivity contribution in [3.63, 3.8) is 0 Å². The zero-order valence-corrected chi connectivity index (χ0v) is 29.7. The number of methoxy groups -OCH3 is 2. The number of aromatic hydroxyl groups is 2. The number of phenolic OH excluding ortho intramolecular Hbond substituents is 2. The summed E-state index contributed by atoms with van der Waals surface area (Å²) in [6, 6.07) is 9.34. The maximum absolute atomic E-state index is 11.9. The number of ether oxygens (including phenoxy) is 2. The standard InChI is InChI=1S/C21H20O6.C12H25.Na.H2O4S/c1-26-20-11-14(5-9-18(20)24)3-7-16(22)13-17(23)8-4-15-6-10-19(25)21(12-15)27-2;1-3-5-7-9-11-12-10-8-6-4-2;;1-5(2,3)4/h3-12,24-25H,13H2,1-2H3;1,3-12H2,2H3;;(H2,1,2,3,4)/q;-1;+1;/b7-3+,8-4+;;;. The molecule has 0 saturated carbocycles. The third kappa shape index (κ3) is 25.2. The summed E-state index contributed by atoms with van der Waals surface area (Å²) in [6.45, 7) is 6.12. The summed E-state index contributed by atoms with van der Waals surface area (Å²) < 4.78 is 41.6. The SMILES string of the molecule is COc1cc(/C=C/C(=O)CC(=O)/C=C/c2ccc(O)c(OC)c2)ccc1O.O=S(=O)(O)O.[CH2-]CCCCCCCCCCC.[Na+]. The van der Waals surface area contributed by atoms with Gasteiger partial charge in [-0.25, -0.2) is 0 Å². The number of ketones is 2. The van der Waals surface area contributed by atoms with Gasteiger partial charge in [0.25, 0.3) is 0 Å². The van der Waals surface area contributed by atoms with Crippen LogP contribution in [0, 0.1) is 6.92 Å². The molecule has 45 heavy (non-hydrogen) atoms. The molecule has 0 aliphatic rings. The zero-order chi connectivity index (χ0) is 33.4. The Morgan fingerprint density at radius 1 is 0.733 bits per heavy atom. The van der Waals surface area contributed by atoms with Gasteiger partial charge in [0.15, 0.2) is 34.6 Å². The molecule has 2 rings (SSSR count). The van der Waals surface area contributed by atoms with Crippen molar-refractivity contribution in [1.29, 1.82) is 0 Å². The smallest absolute Gasteiger partial charge is 0.504 e. The summed E-state index contributed by atoms with van der Waals surface area (Å²) >= 11 is 0. The Labute approximate surface area is 290 Å². The summed E-state index contributed by atoms with van der Waals surface area (Å²) in [5.41, 5.74) is 1.33. The van der Waals surface area contributed by atoms with Crippen molar-refractivity contribution in [2.24, 2.45) is 0 Å². The van der Waals surface area contributed by atoms with Crippen molar-refractivity contribution in [3.8, 4) is 23.0 Å². The Morgan fingerprint density at radius 2 is 1.09 bits per heavy atom. The molecule has 0 heterocycles. The molecule has 0 saturated heterocycles. The van der Waals surface area contributed by atoms with E-state index in [1.807, 2.05) is 0 Å². The minimum absolute atomic E-state index is 0. The van der Waals surface area contributed by atoms with Crippen molar-refractivity contribution in [3.05, 3.63) is 66.6 Å². The van der Waals surface area contributed by atoms with Crippen LogP contribution >= 0.6 is 0 Å². The van der Waals surface area contributed by atoms with E-state index in [9.17, 15) is 19.8 Å². The monoisotopic (exact) mass is 658 g/mol. The maximum Gasteiger partial charge on any atom is 1.00 e. The van der Waals surface area contributed by atoms with Crippen LogP contribution in [0.25, 0.3) is 12.2 Å². The van der Waals surface area contributed by atoms with Crippen LogP contribution < -0.4 is 39.0 Å². The predicted molar refractivity (Wildman–Crippen MR) is 173 cm³/mol. The molecule has 2 aromatic carbocycles. The molecule has 10 nitrogen and oxygen atoms in total. The van der Waals surface area contributed by atoms with Gasteiger partial charge in [0.1, 0.15) is 0 Å². The Morgan fingerprint density at radius 3 is 1.42 bits per heavy atom. The van der Waals surface area contributed by atoms with Crippen molar-refractivity contribution in [1.82, 2.24) is 0 Å². The largest absolute Gasteiger partial charge is 1.00 e. The summed E-state index contributed by atoms with van der Waals surface area (Å²) in [5.74, 6) is -0.0832. The van der Waals surface area contributed by atoms with Gasteiger partial charge in [0.05, 0.1) is 20.6 Å². The maximum atomic E-state index is 11.9. The van der Waals surface area contributed by atoms with Gasteiger partial charge in [-0.3, -0.25) is 18.7 Å². The van der Waals surface area contributed by atoms with Gasteiger partial charge in [-0.15, -0.1) is 0 Å². The zero-order valence-electron chi connectivity index (χ0n) is 26.9. The Bertz CT molecular complexity index is 1200. The number of carbonyl (C=O) groups excluding carboxylic acids is 2. The number of unbranched alkanes of at least 4 members (excludes halogenated alkanes) is 9. The second-order valence-electron chi connectivity index (χ2n) is 9.77. The van der Waals surface area contributed by atoms with E-state index in [0.717, 1.165) is 6.42 Å². The topological polar surface area (TPSA) is 168 Å². The second-order valence-corrected chi connectivity index (χ2v) is 10.7. The minimum atomic E-state index is -4.67. The number of allylic oxidation sites excluding steroid dienone is 2. The molecule has 0 aliphatic carbocycles. The van der Waals surface area contributed by atoms with E-state index in [0.29, 0.717) is 22.6 Å². The molecular weight excluding hydrogens is 611 g/mol. The number of benzene rings is 2. The van der Waals surface area contributed by atoms with E-state index in [1.54, 1.807) is 36.4 Å². The average Bonchev–Trinajstić information content (AvgIpc) is 2.97. The van der Waals surface area contributed by atoms with Gasteiger partial charge in [-0.1, -0.05) is 89.0 Å². The van der Waals surface area contributed by atoms with E-state index in [-0.39, 0.29) is 59.0 Å².